The Hall–Kier alpha value is -0.353. The molecule has 2 saturated heterocycles. The van der Waals surface area contributed by atoms with Crippen molar-refractivity contribution in [3.63, 3.8) is 0 Å². The van der Waals surface area contributed by atoms with E-state index in [0.29, 0.717) is 17.9 Å². The Morgan fingerprint density at radius 3 is 2.43 bits per heavy atom. The average Bonchev–Trinajstić information content (AvgIpc) is 3.06. The molecule has 0 aromatic heterocycles. The molecular weight excluding hydrogens is 302 g/mol. The molecule has 3 rings (SSSR count). The smallest absolute Gasteiger partial charge is 0.223 e. The zero-order chi connectivity index (χ0) is 16.5. The van der Waals surface area contributed by atoms with E-state index in [-0.39, 0.29) is 5.54 Å². The van der Waals surface area contributed by atoms with Gasteiger partial charge in [0.25, 0.3) is 0 Å². The third-order valence-corrected chi connectivity index (χ3v) is 12.1. The summed E-state index contributed by atoms with van der Waals surface area (Å²) in [4.78, 5) is 15.0. The minimum absolute atomic E-state index is 0.259. The summed E-state index contributed by atoms with van der Waals surface area (Å²) < 4.78 is 6.47. The zero-order valence-corrected chi connectivity index (χ0v) is 16.4. The number of carbonyl (C=O) groups excluding carboxylic acids is 1. The van der Waals surface area contributed by atoms with E-state index in [9.17, 15) is 4.79 Å². The summed E-state index contributed by atoms with van der Waals surface area (Å²) in [6, 6.07) is 4.12. The molecule has 1 spiro atoms. The molecule has 4 heteroatoms. The second kappa shape index (κ2) is 6.87. The molecule has 3 fully saturated rings. The highest BCUT2D eigenvalue weighted by molar-refractivity contribution is 6.73. The van der Waals surface area contributed by atoms with Gasteiger partial charge in [-0.3, -0.25) is 4.79 Å². The largest absolute Gasteiger partial charge is 0.417 e. The van der Waals surface area contributed by atoms with Crippen LogP contribution in [0.3, 0.4) is 0 Å². The van der Waals surface area contributed by atoms with E-state index in [0.717, 1.165) is 19.4 Å². The quantitative estimate of drug-likeness (QED) is 0.629. The first-order valence-electron chi connectivity index (χ1n) is 10.1. The molecule has 0 N–H and O–H groups in total. The Labute approximate surface area is 143 Å². The minimum atomic E-state index is -1.48. The number of rotatable bonds is 7. The topological polar surface area (TPSA) is 29.5 Å². The predicted octanol–water partition coefficient (Wildman–Crippen LogP) is 4.72. The first-order chi connectivity index (χ1) is 11.1. The van der Waals surface area contributed by atoms with Crippen molar-refractivity contribution < 1.29 is 9.22 Å². The van der Waals surface area contributed by atoms with Crippen molar-refractivity contribution in [1.82, 2.24) is 4.90 Å². The third-order valence-electron chi connectivity index (χ3n) is 7.40. The lowest BCUT2D eigenvalue weighted by Crippen LogP contribution is -2.55. The van der Waals surface area contributed by atoms with Crippen LogP contribution < -0.4 is 0 Å². The lowest BCUT2D eigenvalue weighted by Gasteiger charge is -2.48. The van der Waals surface area contributed by atoms with Crippen LogP contribution in [-0.2, 0) is 9.22 Å². The van der Waals surface area contributed by atoms with E-state index in [1.807, 2.05) is 0 Å². The standard InChI is InChI=1S/C19H35NO2Si/c1-4-23(5-2,6-3)22-14-11-17-10-8-13-19-12-7-9-16(19)15-18(21)20(17)19/h16-17H,4-15H2,1-3H3/t16-,17-,19+/m1/s1. The molecule has 3 nitrogen and oxygen atoms in total. The fraction of sp³-hybridized carbons (Fsp3) is 0.947. The predicted molar refractivity (Wildman–Crippen MR) is 96.9 cm³/mol. The van der Waals surface area contributed by atoms with Crippen molar-refractivity contribution in [3.8, 4) is 0 Å². The van der Waals surface area contributed by atoms with Gasteiger partial charge in [0.05, 0.1) is 0 Å². The van der Waals surface area contributed by atoms with Gasteiger partial charge in [-0.25, -0.2) is 0 Å². The van der Waals surface area contributed by atoms with E-state index in [2.05, 4.69) is 25.7 Å². The minimum Gasteiger partial charge on any atom is -0.417 e. The summed E-state index contributed by atoms with van der Waals surface area (Å²) in [7, 11) is -1.48. The van der Waals surface area contributed by atoms with Gasteiger partial charge >= 0.3 is 0 Å². The lowest BCUT2D eigenvalue weighted by molar-refractivity contribution is -0.137. The van der Waals surface area contributed by atoms with Crippen molar-refractivity contribution in [2.24, 2.45) is 5.92 Å². The van der Waals surface area contributed by atoms with Gasteiger partial charge in [0.1, 0.15) is 0 Å². The highest BCUT2D eigenvalue weighted by Gasteiger charge is 2.57. The van der Waals surface area contributed by atoms with Crippen LogP contribution in [0, 0.1) is 5.92 Å². The summed E-state index contributed by atoms with van der Waals surface area (Å²) in [5, 5.41) is 0. The molecule has 3 aliphatic rings. The van der Waals surface area contributed by atoms with Crippen LogP contribution in [0.5, 0.6) is 0 Å². The average molecular weight is 338 g/mol. The van der Waals surface area contributed by atoms with E-state index in [1.54, 1.807) is 0 Å². The molecule has 0 radical (unpaired) electrons. The van der Waals surface area contributed by atoms with Crippen LogP contribution >= 0.6 is 0 Å². The van der Waals surface area contributed by atoms with Gasteiger partial charge in [-0.2, -0.15) is 0 Å². The molecule has 0 unspecified atom stereocenters. The third kappa shape index (κ3) is 2.90. The van der Waals surface area contributed by atoms with E-state index in [1.165, 1.54) is 56.7 Å². The molecule has 1 amide bonds. The Morgan fingerprint density at radius 2 is 1.78 bits per heavy atom. The second-order valence-corrected chi connectivity index (χ2v) is 12.9. The Bertz CT molecular complexity index is 429. The van der Waals surface area contributed by atoms with Crippen molar-refractivity contribution in [2.75, 3.05) is 6.61 Å². The van der Waals surface area contributed by atoms with Crippen molar-refractivity contribution in [1.29, 1.82) is 0 Å². The molecule has 1 saturated carbocycles. The fourth-order valence-corrected chi connectivity index (χ4v) is 8.49. The van der Waals surface area contributed by atoms with E-state index < -0.39 is 8.32 Å². The van der Waals surface area contributed by atoms with Crippen molar-refractivity contribution in [3.05, 3.63) is 0 Å². The van der Waals surface area contributed by atoms with Crippen molar-refractivity contribution in [2.45, 2.75) is 102 Å². The second-order valence-electron chi connectivity index (χ2n) is 8.09. The van der Waals surface area contributed by atoms with Gasteiger partial charge in [0.15, 0.2) is 8.32 Å². The van der Waals surface area contributed by atoms with E-state index >= 15 is 0 Å². The molecule has 23 heavy (non-hydrogen) atoms. The number of hydrogen-bond acceptors (Lipinski definition) is 2. The first-order valence-corrected chi connectivity index (χ1v) is 12.6. The van der Waals surface area contributed by atoms with Crippen LogP contribution in [0.25, 0.3) is 0 Å². The fourth-order valence-electron chi connectivity index (χ4n) is 5.82. The van der Waals surface area contributed by atoms with Crippen molar-refractivity contribution >= 4 is 14.2 Å². The summed E-state index contributed by atoms with van der Waals surface area (Å²) in [6.45, 7) is 7.75. The Balaban J connectivity index is 1.63. The molecule has 132 valence electrons. The SMILES string of the molecule is CC[Si](CC)(CC)OCC[C@H]1CCC[C@@]23CCC[C@@H]2CC(=O)N13. The molecule has 0 aromatic carbocycles. The lowest BCUT2D eigenvalue weighted by atomic mass is 9.78. The normalized spacial score (nSPS) is 33.9. The maximum absolute atomic E-state index is 12.6. The molecule has 0 bridgehead atoms. The first kappa shape index (κ1) is 17.5. The summed E-state index contributed by atoms with van der Waals surface area (Å²) >= 11 is 0. The molecule has 0 aromatic rings. The van der Waals surface area contributed by atoms with Gasteiger partial charge in [-0.1, -0.05) is 27.2 Å². The maximum Gasteiger partial charge on any atom is 0.223 e. The Kier molecular flexibility index (Phi) is 5.22. The van der Waals surface area contributed by atoms with Gasteiger partial charge in [0.2, 0.25) is 5.91 Å². The van der Waals surface area contributed by atoms with Gasteiger partial charge in [-0.15, -0.1) is 0 Å². The van der Waals surface area contributed by atoms with Gasteiger partial charge in [0, 0.05) is 24.6 Å². The summed E-state index contributed by atoms with van der Waals surface area (Å²) in [6.07, 6.45) is 9.53. The Morgan fingerprint density at radius 1 is 1.13 bits per heavy atom. The molecule has 2 heterocycles. The number of amides is 1. The number of nitrogens with zero attached hydrogens (tertiary/aromatic N) is 1. The maximum atomic E-state index is 12.6. The number of carbonyl (C=O) groups is 1. The van der Waals surface area contributed by atoms with Crippen LogP contribution in [0.15, 0.2) is 0 Å². The molecular formula is C19H35NO2Si. The summed E-state index contributed by atoms with van der Waals surface area (Å²) in [5.74, 6) is 1.11. The van der Waals surface area contributed by atoms with E-state index in [4.69, 9.17) is 4.43 Å². The van der Waals surface area contributed by atoms with Crippen LogP contribution in [0.4, 0.5) is 0 Å². The van der Waals surface area contributed by atoms with Gasteiger partial charge < -0.3 is 9.33 Å². The molecule has 3 atom stereocenters. The number of piperidine rings is 1. The molecule has 1 aliphatic carbocycles. The van der Waals surface area contributed by atoms with Crippen LogP contribution in [0.2, 0.25) is 18.1 Å². The monoisotopic (exact) mass is 337 g/mol. The zero-order valence-electron chi connectivity index (χ0n) is 15.4. The van der Waals surface area contributed by atoms with Crippen LogP contribution in [-0.4, -0.2) is 37.3 Å². The highest BCUT2D eigenvalue weighted by atomic mass is 28.4. The number of hydrogen-bond donors (Lipinski definition) is 0. The summed E-state index contributed by atoms with van der Waals surface area (Å²) in [5.41, 5.74) is 0.259. The van der Waals surface area contributed by atoms with Gasteiger partial charge in [-0.05, 0) is 62.6 Å². The molecule has 2 aliphatic heterocycles. The highest BCUT2D eigenvalue weighted by Crippen LogP contribution is 2.54. The van der Waals surface area contributed by atoms with Crippen LogP contribution in [0.1, 0.15) is 72.1 Å².